The molecule has 1 fully saturated rings. The van der Waals surface area contributed by atoms with Crippen LogP contribution in [0, 0.1) is 0 Å². The van der Waals surface area contributed by atoms with E-state index in [0.29, 0.717) is 6.04 Å². The predicted octanol–water partition coefficient (Wildman–Crippen LogP) is 3.56. The van der Waals surface area contributed by atoms with Crippen molar-refractivity contribution < 1.29 is 4.74 Å². The van der Waals surface area contributed by atoms with Crippen LogP contribution in [0.1, 0.15) is 43.4 Å². The van der Waals surface area contributed by atoms with E-state index in [2.05, 4.69) is 48.3 Å². The average molecular weight is 291 g/mol. The second-order valence-electron chi connectivity index (χ2n) is 5.75. The first-order chi connectivity index (χ1) is 9.88. The second-order valence-corrected chi connectivity index (χ2v) is 7.26. The molecule has 0 bridgehead atoms. The van der Waals surface area contributed by atoms with E-state index in [1.165, 1.54) is 36.1 Å². The first kappa shape index (κ1) is 14.4. The summed E-state index contributed by atoms with van der Waals surface area (Å²) in [7, 11) is 0. The van der Waals surface area contributed by atoms with E-state index >= 15 is 0 Å². The topological polar surface area (TPSA) is 21.3 Å². The van der Waals surface area contributed by atoms with Gasteiger partial charge in [0.15, 0.2) is 0 Å². The monoisotopic (exact) mass is 291 g/mol. The molecule has 3 unspecified atom stereocenters. The number of nitrogens with one attached hydrogen (secondary N) is 1. The average Bonchev–Trinajstić information content (AvgIpc) is 2.93. The Labute approximate surface area is 126 Å². The van der Waals surface area contributed by atoms with Crippen LogP contribution in [0.5, 0.6) is 0 Å². The van der Waals surface area contributed by atoms with Crippen LogP contribution >= 0.6 is 11.8 Å². The molecule has 3 atom stereocenters. The maximum atomic E-state index is 5.99. The SMILES string of the molecule is CCSC1CCCC1NCC1OCCc2ccccc21. The lowest BCUT2D eigenvalue weighted by Gasteiger charge is -2.29. The van der Waals surface area contributed by atoms with E-state index in [1.54, 1.807) is 0 Å². The van der Waals surface area contributed by atoms with Crippen molar-refractivity contribution >= 4 is 11.8 Å². The molecule has 1 aliphatic carbocycles. The van der Waals surface area contributed by atoms with Gasteiger partial charge in [-0.15, -0.1) is 0 Å². The number of ether oxygens (including phenoxy) is 1. The zero-order valence-corrected chi connectivity index (χ0v) is 13.1. The maximum absolute atomic E-state index is 5.99. The van der Waals surface area contributed by atoms with Crippen molar-refractivity contribution in [3.05, 3.63) is 35.4 Å². The van der Waals surface area contributed by atoms with E-state index < -0.39 is 0 Å². The van der Waals surface area contributed by atoms with Gasteiger partial charge in [0, 0.05) is 17.8 Å². The van der Waals surface area contributed by atoms with Crippen LogP contribution in [0.2, 0.25) is 0 Å². The normalized spacial score (nSPS) is 29.4. The lowest BCUT2D eigenvalue weighted by atomic mass is 9.97. The lowest BCUT2D eigenvalue weighted by molar-refractivity contribution is 0.0409. The fourth-order valence-corrected chi connectivity index (χ4v) is 4.70. The van der Waals surface area contributed by atoms with Gasteiger partial charge in [-0.3, -0.25) is 0 Å². The molecule has 20 heavy (non-hydrogen) atoms. The lowest BCUT2D eigenvalue weighted by Crippen LogP contribution is -2.38. The van der Waals surface area contributed by atoms with Crippen molar-refractivity contribution in [2.45, 2.75) is 50.0 Å². The number of fused-ring (bicyclic) bond motifs is 1. The summed E-state index contributed by atoms with van der Waals surface area (Å²) in [6.07, 6.45) is 5.37. The third kappa shape index (κ3) is 3.21. The number of rotatable bonds is 5. The molecule has 1 aromatic rings. The minimum Gasteiger partial charge on any atom is -0.372 e. The number of thioether (sulfide) groups is 1. The van der Waals surface area contributed by atoms with Gasteiger partial charge in [-0.05, 0) is 36.1 Å². The van der Waals surface area contributed by atoms with Gasteiger partial charge in [0.25, 0.3) is 0 Å². The molecule has 0 amide bonds. The summed E-state index contributed by atoms with van der Waals surface area (Å²) < 4.78 is 5.99. The molecule has 1 aliphatic heterocycles. The van der Waals surface area contributed by atoms with Crippen molar-refractivity contribution in [3.63, 3.8) is 0 Å². The third-order valence-corrected chi connectivity index (χ3v) is 5.82. The Morgan fingerprint density at radius 1 is 1.30 bits per heavy atom. The molecule has 3 rings (SSSR count). The molecule has 1 heterocycles. The summed E-state index contributed by atoms with van der Waals surface area (Å²) in [5, 5.41) is 4.59. The molecule has 3 heteroatoms. The van der Waals surface area contributed by atoms with Crippen LogP contribution < -0.4 is 5.32 Å². The van der Waals surface area contributed by atoms with Gasteiger partial charge in [0.05, 0.1) is 12.7 Å². The first-order valence-corrected chi connectivity index (χ1v) is 8.97. The summed E-state index contributed by atoms with van der Waals surface area (Å²) in [5.41, 5.74) is 2.86. The van der Waals surface area contributed by atoms with Crippen LogP contribution in [0.3, 0.4) is 0 Å². The van der Waals surface area contributed by atoms with Gasteiger partial charge in [-0.2, -0.15) is 11.8 Å². The minimum absolute atomic E-state index is 0.243. The largest absolute Gasteiger partial charge is 0.372 e. The van der Waals surface area contributed by atoms with Crippen molar-refractivity contribution in [2.24, 2.45) is 0 Å². The molecule has 0 saturated heterocycles. The van der Waals surface area contributed by atoms with E-state index in [4.69, 9.17) is 4.74 Å². The molecule has 0 aromatic heterocycles. The standard InChI is InChI=1S/C17H25NOS/c1-2-20-17-9-5-8-15(17)18-12-16-14-7-4-3-6-13(14)10-11-19-16/h3-4,6-7,15-18H,2,5,8-12H2,1H3. The van der Waals surface area contributed by atoms with Crippen LogP contribution in [0.4, 0.5) is 0 Å². The van der Waals surface area contributed by atoms with E-state index in [1.807, 2.05) is 0 Å². The minimum atomic E-state index is 0.243. The summed E-state index contributed by atoms with van der Waals surface area (Å²) in [5.74, 6) is 1.23. The summed E-state index contributed by atoms with van der Waals surface area (Å²) >= 11 is 2.12. The zero-order valence-electron chi connectivity index (χ0n) is 12.3. The summed E-state index contributed by atoms with van der Waals surface area (Å²) in [6, 6.07) is 9.42. The fraction of sp³-hybridized carbons (Fsp3) is 0.647. The quantitative estimate of drug-likeness (QED) is 0.896. The molecular formula is C17H25NOS. The highest BCUT2D eigenvalue weighted by Gasteiger charge is 2.28. The van der Waals surface area contributed by atoms with Gasteiger partial charge in [-0.1, -0.05) is 37.6 Å². The highest BCUT2D eigenvalue weighted by atomic mass is 32.2. The van der Waals surface area contributed by atoms with Crippen molar-refractivity contribution in [3.8, 4) is 0 Å². The Bertz CT molecular complexity index is 437. The van der Waals surface area contributed by atoms with Crippen LogP contribution in [0.15, 0.2) is 24.3 Å². The number of benzene rings is 1. The molecule has 0 spiro atoms. The third-order valence-electron chi connectivity index (χ3n) is 4.49. The van der Waals surface area contributed by atoms with Crippen LogP contribution in [-0.2, 0) is 11.2 Å². The van der Waals surface area contributed by atoms with Crippen molar-refractivity contribution in [2.75, 3.05) is 18.9 Å². The van der Waals surface area contributed by atoms with E-state index in [9.17, 15) is 0 Å². The molecule has 1 saturated carbocycles. The number of hydrogen-bond donors (Lipinski definition) is 1. The van der Waals surface area contributed by atoms with Crippen molar-refractivity contribution in [1.29, 1.82) is 0 Å². The molecule has 1 aromatic carbocycles. The van der Waals surface area contributed by atoms with Gasteiger partial charge >= 0.3 is 0 Å². The molecule has 2 nitrogen and oxygen atoms in total. The fourth-order valence-electron chi connectivity index (χ4n) is 3.48. The van der Waals surface area contributed by atoms with Crippen molar-refractivity contribution in [1.82, 2.24) is 5.32 Å². The Kier molecular flexibility index (Phi) is 5.03. The molecular weight excluding hydrogens is 266 g/mol. The van der Waals surface area contributed by atoms with Gasteiger partial charge < -0.3 is 10.1 Å². The first-order valence-electron chi connectivity index (χ1n) is 7.93. The second kappa shape index (κ2) is 6.97. The maximum Gasteiger partial charge on any atom is 0.0952 e. The van der Waals surface area contributed by atoms with Crippen LogP contribution in [0.25, 0.3) is 0 Å². The summed E-state index contributed by atoms with van der Waals surface area (Å²) in [6.45, 7) is 4.09. The van der Waals surface area contributed by atoms with E-state index in [0.717, 1.165) is 24.8 Å². The molecule has 0 radical (unpaired) electrons. The predicted molar refractivity (Wildman–Crippen MR) is 86.4 cm³/mol. The highest BCUT2D eigenvalue weighted by Crippen LogP contribution is 2.31. The Morgan fingerprint density at radius 2 is 2.20 bits per heavy atom. The van der Waals surface area contributed by atoms with E-state index in [-0.39, 0.29) is 6.10 Å². The Hall–Kier alpha value is -0.510. The molecule has 1 N–H and O–H groups in total. The number of hydrogen-bond acceptors (Lipinski definition) is 3. The van der Waals surface area contributed by atoms with Crippen LogP contribution in [-0.4, -0.2) is 30.2 Å². The zero-order chi connectivity index (χ0) is 13.8. The van der Waals surface area contributed by atoms with Gasteiger partial charge in [0.1, 0.15) is 0 Å². The highest BCUT2D eigenvalue weighted by molar-refractivity contribution is 7.99. The molecule has 110 valence electrons. The Morgan fingerprint density at radius 3 is 3.10 bits per heavy atom. The van der Waals surface area contributed by atoms with Gasteiger partial charge in [0.2, 0.25) is 0 Å². The smallest absolute Gasteiger partial charge is 0.0952 e. The molecule has 2 aliphatic rings. The summed E-state index contributed by atoms with van der Waals surface area (Å²) in [4.78, 5) is 0. The Balaban J connectivity index is 1.59. The van der Waals surface area contributed by atoms with Gasteiger partial charge in [-0.25, -0.2) is 0 Å².